The van der Waals surface area contributed by atoms with Crippen molar-refractivity contribution in [3.63, 3.8) is 0 Å². The largest absolute Gasteiger partial charge is 0.492 e. The molecule has 0 radical (unpaired) electrons. The van der Waals surface area contributed by atoms with Crippen LogP contribution >= 0.6 is 0 Å². The molecule has 1 aromatic heterocycles. The molecular weight excluding hydrogens is 242 g/mol. The number of hydrogen-bond donors (Lipinski definition) is 1. The maximum atomic E-state index is 11.5. The fraction of sp³-hybridized carbons (Fsp3) is 0.267. The summed E-state index contributed by atoms with van der Waals surface area (Å²) in [6.07, 6.45) is 2.49. The van der Waals surface area contributed by atoms with Crippen molar-refractivity contribution in [1.82, 2.24) is 5.32 Å². The first kappa shape index (κ1) is 13.2. The zero-order chi connectivity index (χ0) is 13.5. The molecule has 0 fully saturated rings. The van der Waals surface area contributed by atoms with E-state index in [1.54, 1.807) is 12.1 Å². The van der Waals surface area contributed by atoms with Gasteiger partial charge in [-0.25, -0.2) is 0 Å². The molecule has 0 saturated heterocycles. The van der Waals surface area contributed by atoms with Crippen LogP contribution in [-0.2, 0) is 6.42 Å². The lowest BCUT2D eigenvalue weighted by Crippen LogP contribution is -2.27. The second kappa shape index (κ2) is 6.64. The Bertz CT molecular complexity index is 503. The molecule has 0 unspecified atom stereocenters. The van der Waals surface area contributed by atoms with Crippen LogP contribution in [0.5, 0.6) is 5.75 Å². The second-order valence-electron chi connectivity index (χ2n) is 4.08. The molecule has 1 aromatic carbocycles. The third-order valence-corrected chi connectivity index (χ3v) is 2.73. The molecule has 19 heavy (non-hydrogen) atoms. The summed E-state index contributed by atoms with van der Waals surface area (Å²) < 4.78 is 10.5. The SMILES string of the molecule is CCc1ccc(OCCNC(=O)c2ccco2)cc1. The predicted molar refractivity (Wildman–Crippen MR) is 72.4 cm³/mol. The molecule has 1 heterocycles. The average Bonchev–Trinajstić information content (AvgIpc) is 2.98. The summed E-state index contributed by atoms with van der Waals surface area (Å²) in [5.74, 6) is 0.895. The van der Waals surface area contributed by atoms with Crippen molar-refractivity contribution >= 4 is 5.91 Å². The Hall–Kier alpha value is -2.23. The summed E-state index contributed by atoms with van der Waals surface area (Å²) in [4.78, 5) is 11.5. The molecule has 4 heteroatoms. The average molecular weight is 259 g/mol. The highest BCUT2D eigenvalue weighted by molar-refractivity contribution is 5.91. The molecule has 2 rings (SSSR count). The molecule has 0 aliphatic heterocycles. The predicted octanol–water partition coefficient (Wildman–Crippen LogP) is 2.65. The number of rotatable bonds is 6. The van der Waals surface area contributed by atoms with Gasteiger partial charge >= 0.3 is 0 Å². The summed E-state index contributed by atoms with van der Waals surface area (Å²) >= 11 is 0. The normalized spacial score (nSPS) is 10.2. The Kier molecular flexibility index (Phi) is 4.61. The number of aryl methyl sites for hydroxylation is 1. The molecule has 1 amide bonds. The second-order valence-corrected chi connectivity index (χ2v) is 4.08. The van der Waals surface area contributed by atoms with Gasteiger partial charge in [0.25, 0.3) is 5.91 Å². The minimum atomic E-state index is -0.227. The molecule has 0 aliphatic carbocycles. The van der Waals surface area contributed by atoms with Crippen LogP contribution in [0.3, 0.4) is 0 Å². The maximum absolute atomic E-state index is 11.5. The van der Waals surface area contributed by atoms with Crippen molar-refractivity contribution in [1.29, 1.82) is 0 Å². The minimum absolute atomic E-state index is 0.227. The Labute approximate surface area is 112 Å². The van der Waals surface area contributed by atoms with Crippen LogP contribution in [-0.4, -0.2) is 19.1 Å². The lowest BCUT2D eigenvalue weighted by atomic mass is 10.2. The van der Waals surface area contributed by atoms with Crippen molar-refractivity contribution in [2.45, 2.75) is 13.3 Å². The van der Waals surface area contributed by atoms with E-state index in [-0.39, 0.29) is 5.91 Å². The highest BCUT2D eigenvalue weighted by atomic mass is 16.5. The van der Waals surface area contributed by atoms with E-state index in [2.05, 4.69) is 12.2 Å². The molecule has 0 spiro atoms. The molecule has 4 nitrogen and oxygen atoms in total. The van der Waals surface area contributed by atoms with Gasteiger partial charge in [0.2, 0.25) is 0 Å². The first-order valence-electron chi connectivity index (χ1n) is 6.33. The maximum Gasteiger partial charge on any atom is 0.287 e. The summed E-state index contributed by atoms with van der Waals surface area (Å²) in [6, 6.07) is 11.3. The molecule has 0 bridgehead atoms. The zero-order valence-corrected chi connectivity index (χ0v) is 10.9. The van der Waals surface area contributed by atoms with Gasteiger partial charge in [-0.05, 0) is 36.2 Å². The van der Waals surface area contributed by atoms with E-state index >= 15 is 0 Å². The number of nitrogens with one attached hydrogen (secondary N) is 1. The molecular formula is C15H17NO3. The number of amides is 1. The van der Waals surface area contributed by atoms with Crippen LogP contribution in [0, 0.1) is 0 Å². The van der Waals surface area contributed by atoms with Crippen LogP contribution in [0.2, 0.25) is 0 Å². The van der Waals surface area contributed by atoms with Gasteiger partial charge in [0.05, 0.1) is 12.8 Å². The topological polar surface area (TPSA) is 51.5 Å². The molecule has 2 aromatic rings. The van der Waals surface area contributed by atoms with Gasteiger partial charge in [0.15, 0.2) is 5.76 Å². The summed E-state index contributed by atoms with van der Waals surface area (Å²) in [5, 5.41) is 2.72. The van der Waals surface area contributed by atoms with Gasteiger partial charge in [-0.3, -0.25) is 4.79 Å². The van der Waals surface area contributed by atoms with Crippen LogP contribution in [0.1, 0.15) is 23.0 Å². The Morgan fingerprint density at radius 1 is 1.26 bits per heavy atom. The van der Waals surface area contributed by atoms with Crippen molar-refractivity contribution in [3.05, 3.63) is 54.0 Å². The Morgan fingerprint density at radius 3 is 2.68 bits per heavy atom. The fourth-order valence-corrected chi connectivity index (χ4v) is 1.65. The number of hydrogen-bond acceptors (Lipinski definition) is 3. The van der Waals surface area contributed by atoms with Crippen LogP contribution in [0.4, 0.5) is 0 Å². The zero-order valence-electron chi connectivity index (χ0n) is 10.9. The third-order valence-electron chi connectivity index (χ3n) is 2.73. The summed E-state index contributed by atoms with van der Waals surface area (Å²) in [6.45, 7) is 2.98. The van der Waals surface area contributed by atoms with E-state index in [0.717, 1.165) is 12.2 Å². The van der Waals surface area contributed by atoms with E-state index in [1.165, 1.54) is 11.8 Å². The van der Waals surface area contributed by atoms with Crippen LogP contribution < -0.4 is 10.1 Å². The molecule has 0 atom stereocenters. The van der Waals surface area contributed by atoms with E-state index in [1.807, 2.05) is 24.3 Å². The first-order valence-corrected chi connectivity index (χ1v) is 6.33. The van der Waals surface area contributed by atoms with E-state index in [0.29, 0.717) is 18.9 Å². The summed E-state index contributed by atoms with van der Waals surface area (Å²) in [7, 11) is 0. The van der Waals surface area contributed by atoms with Crippen LogP contribution in [0.25, 0.3) is 0 Å². The fourth-order valence-electron chi connectivity index (χ4n) is 1.65. The Balaban J connectivity index is 1.70. The number of benzene rings is 1. The van der Waals surface area contributed by atoms with E-state index < -0.39 is 0 Å². The van der Waals surface area contributed by atoms with Gasteiger partial charge in [0.1, 0.15) is 12.4 Å². The monoisotopic (exact) mass is 259 g/mol. The van der Waals surface area contributed by atoms with E-state index in [4.69, 9.17) is 9.15 Å². The van der Waals surface area contributed by atoms with Gasteiger partial charge in [-0.1, -0.05) is 19.1 Å². The smallest absolute Gasteiger partial charge is 0.287 e. The molecule has 0 saturated carbocycles. The van der Waals surface area contributed by atoms with Gasteiger partial charge in [-0.15, -0.1) is 0 Å². The molecule has 100 valence electrons. The molecule has 0 aliphatic rings. The number of carbonyl (C=O) groups excluding carboxylic acids is 1. The minimum Gasteiger partial charge on any atom is -0.492 e. The van der Waals surface area contributed by atoms with Gasteiger partial charge < -0.3 is 14.5 Å². The Morgan fingerprint density at radius 2 is 2.05 bits per heavy atom. The highest BCUT2D eigenvalue weighted by Gasteiger charge is 2.06. The quantitative estimate of drug-likeness (QED) is 0.811. The number of carbonyl (C=O) groups is 1. The third kappa shape index (κ3) is 3.88. The lowest BCUT2D eigenvalue weighted by Gasteiger charge is -2.07. The van der Waals surface area contributed by atoms with Crippen molar-refractivity contribution in [3.8, 4) is 5.75 Å². The highest BCUT2D eigenvalue weighted by Crippen LogP contribution is 2.12. The summed E-state index contributed by atoms with van der Waals surface area (Å²) in [5.41, 5.74) is 1.28. The van der Waals surface area contributed by atoms with Crippen LogP contribution in [0.15, 0.2) is 47.1 Å². The first-order chi connectivity index (χ1) is 9.29. The van der Waals surface area contributed by atoms with Gasteiger partial charge in [-0.2, -0.15) is 0 Å². The van der Waals surface area contributed by atoms with Gasteiger partial charge in [0, 0.05) is 0 Å². The lowest BCUT2D eigenvalue weighted by molar-refractivity contribution is 0.0919. The standard InChI is InChI=1S/C15H17NO3/c1-2-12-5-7-13(8-6-12)18-11-9-16-15(17)14-4-3-10-19-14/h3-8,10H,2,9,11H2,1H3,(H,16,17). The molecule has 1 N–H and O–H groups in total. The van der Waals surface area contributed by atoms with E-state index in [9.17, 15) is 4.79 Å². The van der Waals surface area contributed by atoms with Crippen molar-refractivity contribution in [2.24, 2.45) is 0 Å². The van der Waals surface area contributed by atoms with Crippen molar-refractivity contribution < 1.29 is 13.9 Å². The van der Waals surface area contributed by atoms with Crippen molar-refractivity contribution in [2.75, 3.05) is 13.2 Å². The number of ether oxygens (including phenoxy) is 1. The number of furan rings is 1.